The molecule has 1 aliphatic heterocycles. The highest BCUT2D eigenvalue weighted by Gasteiger charge is 2.22. The second-order valence-corrected chi connectivity index (χ2v) is 5.56. The highest BCUT2D eigenvalue weighted by Crippen LogP contribution is 2.18. The van der Waals surface area contributed by atoms with Crippen LogP contribution in [0.2, 0.25) is 0 Å². The number of hydrogen-bond acceptors (Lipinski definition) is 3. The van der Waals surface area contributed by atoms with Crippen LogP contribution in [0.25, 0.3) is 0 Å². The molecule has 0 amide bonds. The van der Waals surface area contributed by atoms with Crippen molar-refractivity contribution in [3.05, 3.63) is 11.9 Å². The van der Waals surface area contributed by atoms with Gasteiger partial charge in [0, 0.05) is 25.3 Å². The van der Waals surface area contributed by atoms with Gasteiger partial charge in [-0.2, -0.15) is 0 Å². The molecule has 4 heteroatoms. The Kier molecular flexibility index (Phi) is 5.25. The smallest absolute Gasteiger partial charge is 0.203 e. The lowest BCUT2D eigenvalue weighted by Crippen LogP contribution is -2.35. The van der Waals surface area contributed by atoms with Gasteiger partial charge < -0.3 is 9.88 Å². The van der Waals surface area contributed by atoms with Crippen LogP contribution in [-0.2, 0) is 6.54 Å². The van der Waals surface area contributed by atoms with Crippen LogP contribution in [0, 0.1) is 6.92 Å². The van der Waals surface area contributed by atoms with Crippen molar-refractivity contribution in [2.24, 2.45) is 0 Å². The Labute approximate surface area is 117 Å². The Bertz CT molecular complexity index is 385. The molecular formula is C15H28N4. The summed E-state index contributed by atoms with van der Waals surface area (Å²) in [5.74, 6) is 1.05. The molecule has 1 aromatic rings. The molecule has 2 rings (SSSR count). The summed E-state index contributed by atoms with van der Waals surface area (Å²) in [6, 6.07) is 0.682. The van der Waals surface area contributed by atoms with Crippen molar-refractivity contribution < 1.29 is 0 Å². The maximum absolute atomic E-state index is 4.61. The van der Waals surface area contributed by atoms with Crippen molar-refractivity contribution >= 4 is 5.95 Å². The van der Waals surface area contributed by atoms with Crippen LogP contribution in [-0.4, -0.2) is 40.1 Å². The van der Waals surface area contributed by atoms with E-state index in [4.69, 9.17) is 0 Å². The SMILES string of the molecule is CCCCn1cc(C)nc1NCC1CCCN1CC. The summed E-state index contributed by atoms with van der Waals surface area (Å²) in [6.07, 6.45) is 7.25. The first kappa shape index (κ1) is 14.4. The topological polar surface area (TPSA) is 33.1 Å². The number of nitrogens with zero attached hydrogens (tertiary/aromatic N) is 3. The minimum Gasteiger partial charge on any atom is -0.354 e. The fraction of sp³-hybridized carbons (Fsp3) is 0.800. The molecule has 0 spiro atoms. The van der Waals surface area contributed by atoms with Crippen LogP contribution in [0.3, 0.4) is 0 Å². The number of unbranched alkanes of at least 4 members (excludes halogenated alkanes) is 1. The predicted octanol–water partition coefficient (Wildman–Crippen LogP) is 2.89. The summed E-state index contributed by atoms with van der Waals surface area (Å²) in [7, 11) is 0. The molecule has 1 aliphatic rings. The van der Waals surface area contributed by atoms with Gasteiger partial charge in [-0.05, 0) is 39.3 Å². The average molecular weight is 264 g/mol. The number of aromatic nitrogens is 2. The van der Waals surface area contributed by atoms with Gasteiger partial charge in [0.05, 0.1) is 5.69 Å². The summed E-state index contributed by atoms with van der Waals surface area (Å²) >= 11 is 0. The Morgan fingerprint density at radius 1 is 1.42 bits per heavy atom. The fourth-order valence-electron chi connectivity index (χ4n) is 2.94. The molecule has 2 heterocycles. The zero-order valence-corrected chi connectivity index (χ0v) is 12.7. The molecule has 1 atom stereocenters. The molecule has 0 bridgehead atoms. The van der Waals surface area contributed by atoms with Gasteiger partial charge in [0.15, 0.2) is 0 Å². The summed E-state index contributed by atoms with van der Waals surface area (Å²) in [5, 5.41) is 3.56. The lowest BCUT2D eigenvalue weighted by atomic mass is 10.2. The van der Waals surface area contributed by atoms with Crippen LogP contribution < -0.4 is 5.32 Å². The first-order valence-corrected chi connectivity index (χ1v) is 7.76. The molecule has 0 radical (unpaired) electrons. The highest BCUT2D eigenvalue weighted by molar-refractivity contribution is 5.29. The Hall–Kier alpha value is -1.03. The standard InChI is InChI=1S/C15H28N4/c1-4-6-9-19-12-13(3)17-15(19)16-11-14-8-7-10-18(14)5-2/h12,14H,4-11H2,1-3H3,(H,16,17). The first-order valence-electron chi connectivity index (χ1n) is 7.76. The van der Waals surface area contributed by atoms with E-state index in [0.717, 1.165) is 31.3 Å². The molecule has 0 aromatic carbocycles. The van der Waals surface area contributed by atoms with Crippen molar-refractivity contribution in [2.45, 2.75) is 59.0 Å². The third-order valence-electron chi connectivity index (χ3n) is 4.05. The van der Waals surface area contributed by atoms with Crippen LogP contribution >= 0.6 is 0 Å². The Morgan fingerprint density at radius 3 is 3.00 bits per heavy atom. The second kappa shape index (κ2) is 6.94. The van der Waals surface area contributed by atoms with Gasteiger partial charge in [0.1, 0.15) is 0 Å². The molecule has 0 aliphatic carbocycles. The zero-order valence-electron chi connectivity index (χ0n) is 12.7. The zero-order chi connectivity index (χ0) is 13.7. The van der Waals surface area contributed by atoms with Gasteiger partial charge in [0.25, 0.3) is 0 Å². The summed E-state index contributed by atoms with van der Waals surface area (Å²) < 4.78 is 2.27. The number of anilines is 1. The van der Waals surface area contributed by atoms with Gasteiger partial charge in [0.2, 0.25) is 5.95 Å². The van der Waals surface area contributed by atoms with Crippen molar-refractivity contribution in [2.75, 3.05) is 25.0 Å². The third kappa shape index (κ3) is 3.72. The monoisotopic (exact) mass is 264 g/mol. The number of likely N-dealkylation sites (tertiary alicyclic amines) is 1. The van der Waals surface area contributed by atoms with E-state index in [-0.39, 0.29) is 0 Å². The quantitative estimate of drug-likeness (QED) is 0.822. The van der Waals surface area contributed by atoms with E-state index >= 15 is 0 Å². The van der Waals surface area contributed by atoms with Crippen molar-refractivity contribution in [1.29, 1.82) is 0 Å². The molecule has 1 aromatic heterocycles. The van der Waals surface area contributed by atoms with Gasteiger partial charge >= 0.3 is 0 Å². The lowest BCUT2D eigenvalue weighted by Gasteiger charge is -2.23. The maximum atomic E-state index is 4.61. The summed E-state index contributed by atoms with van der Waals surface area (Å²) in [4.78, 5) is 7.18. The van der Waals surface area contributed by atoms with E-state index in [1.54, 1.807) is 0 Å². The van der Waals surface area contributed by atoms with Crippen LogP contribution in [0.15, 0.2) is 6.20 Å². The summed E-state index contributed by atoms with van der Waals surface area (Å²) in [5.41, 5.74) is 1.11. The largest absolute Gasteiger partial charge is 0.354 e. The maximum Gasteiger partial charge on any atom is 0.203 e. The molecule has 1 saturated heterocycles. The van der Waals surface area contributed by atoms with Crippen molar-refractivity contribution in [3.8, 4) is 0 Å². The molecule has 0 saturated carbocycles. The van der Waals surface area contributed by atoms with Crippen LogP contribution in [0.4, 0.5) is 5.95 Å². The molecule has 1 N–H and O–H groups in total. The van der Waals surface area contributed by atoms with Gasteiger partial charge in [-0.15, -0.1) is 0 Å². The van der Waals surface area contributed by atoms with Gasteiger partial charge in [-0.3, -0.25) is 4.90 Å². The van der Waals surface area contributed by atoms with Crippen molar-refractivity contribution in [3.63, 3.8) is 0 Å². The van der Waals surface area contributed by atoms with E-state index in [9.17, 15) is 0 Å². The number of rotatable bonds is 7. The summed E-state index contributed by atoms with van der Waals surface area (Å²) in [6.45, 7) is 11.1. The highest BCUT2D eigenvalue weighted by atomic mass is 15.2. The first-order chi connectivity index (χ1) is 9.24. The van der Waals surface area contributed by atoms with Gasteiger partial charge in [-0.1, -0.05) is 20.3 Å². The third-order valence-corrected chi connectivity index (χ3v) is 4.05. The van der Waals surface area contributed by atoms with Crippen molar-refractivity contribution in [1.82, 2.24) is 14.5 Å². The van der Waals surface area contributed by atoms with E-state index in [0.29, 0.717) is 6.04 Å². The van der Waals surface area contributed by atoms with Crippen LogP contribution in [0.5, 0.6) is 0 Å². The molecular weight excluding hydrogens is 236 g/mol. The fourth-order valence-corrected chi connectivity index (χ4v) is 2.94. The number of nitrogens with one attached hydrogen (secondary N) is 1. The molecule has 19 heavy (non-hydrogen) atoms. The minimum absolute atomic E-state index is 0.682. The Balaban J connectivity index is 1.91. The second-order valence-electron chi connectivity index (χ2n) is 5.56. The molecule has 1 unspecified atom stereocenters. The number of likely N-dealkylation sites (N-methyl/N-ethyl adjacent to an activating group) is 1. The van der Waals surface area contributed by atoms with E-state index in [1.807, 2.05) is 0 Å². The van der Waals surface area contributed by atoms with E-state index in [2.05, 4.69) is 46.7 Å². The number of hydrogen-bond donors (Lipinski definition) is 1. The Morgan fingerprint density at radius 2 is 2.26 bits per heavy atom. The van der Waals surface area contributed by atoms with E-state index in [1.165, 1.54) is 32.2 Å². The normalized spacial score (nSPS) is 20.1. The van der Waals surface area contributed by atoms with Crippen LogP contribution in [0.1, 0.15) is 45.2 Å². The number of imidazole rings is 1. The predicted molar refractivity (Wildman–Crippen MR) is 80.6 cm³/mol. The molecule has 1 fully saturated rings. The average Bonchev–Trinajstić information content (AvgIpc) is 2.99. The minimum atomic E-state index is 0.682. The molecule has 108 valence electrons. The lowest BCUT2D eigenvalue weighted by molar-refractivity contribution is 0.276. The molecule has 4 nitrogen and oxygen atoms in total. The van der Waals surface area contributed by atoms with Gasteiger partial charge in [-0.25, -0.2) is 4.98 Å². The van der Waals surface area contributed by atoms with E-state index < -0.39 is 0 Å². The number of aryl methyl sites for hydroxylation is 2.